The zero-order valence-corrected chi connectivity index (χ0v) is 14.5. The molecule has 136 valence electrons. The van der Waals surface area contributed by atoms with Crippen molar-refractivity contribution in [2.24, 2.45) is 0 Å². The third kappa shape index (κ3) is 4.50. The Morgan fingerprint density at radius 2 is 1.63 bits per heavy atom. The molecular weight excluding hydrogens is 346 g/mol. The highest BCUT2D eigenvalue weighted by Gasteiger charge is 2.05. The monoisotopic (exact) mass is 363 g/mol. The smallest absolute Gasteiger partial charge is 0.267 e. The summed E-state index contributed by atoms with van der Waals surface area (Å²) in [6.45, 7) is 0. The van der Waals surface area contributed by atoms with Gasteiger partial charge in [-0.05, 0) is 59.3 Å². The Hall–Kier alpha value is -3.64. The molecule has 1 heterocycles. The molecule has 6 heteroatoms. The van der Waals surface area contributed by atoms with Crippen LogP contribution in [0.1, 0.15) is 21.9 Å². The number of ketones is 1. The van der Waals surface area contributed by atoms with Crippen LogP contribution in [0.3, 0.4) is 0 Å². The lowest BCUT2D eigenvalue weighted by molar-refractivity contribution is -0.124. The van der Waals surface area contributed by atoms with Crippen molar-refractivity contribution in [3.05, 3.63) is 77.8 Å². The minimum absolute atomic E-state index is 0.152. The van der Waals surface area contributed by atoms with Crippen LogP contribution in [0.5, 0.6) is 5.75 Å². The third-order valence-electron chi connectivity index (χ3n) is 3.89. The molecule has 1 aromatic heterocycles. The van der Waals surface area contributed by atoms with Gasteiger partial charge >= 0.3 is 0 Å². The molecule has 0 saturated heterocycles. The molecule has 0 spiro atoms. The Morgan fingerprint density at radius 3 is 2.33 bits per heavy atom. The lowest BCUT2D eigenvalue weighted by Crippen LogP contribution is -2.14. The van der Waals surface area contributed by atoms with E-state index in [0.29, 0.717) is 17.1 Å². The SMILES string of the molecule is COc1ccc2cc(C(=O)/C=C/c3ccc(/C=C/C(=O)NO)o3)ccc2c1. The molecule has 0 radical (unpaired) electrons. The van der Waals surface area contributed by atoms with Crippen molar-refractivity contribution < 1.29 is 24.0 Å². The van der Waals surface area contributed by atoms with E-state index in [0.717, 1.165) is 22.6 Å². The van der Waals surface area contributed by atoms with Gasteiger partial charge in [0.2, 0.25) is 0 Å². The molecule has 0 atom stereocenters. The predicted molar refractivity (Wildman–Crippen MR) is 102 cm³/mol. The second-order valence-corrected chi connectivity index (χ2v) is 5.67. The van der Waals surface area contributed by atoms with Crippen molar-refractivity contribution in [1.82, 2.24) is 5.48 Å². The number of hydrogen-bond donors (Lipinski definition) is 2. The van der Waals surface area contributed by atoms with E-state index >= 15 is 0 Å². The van der Waals surface area contributed by atoms with Gasteiger partial charge in [-0.25, -0.2) is 5.48 Å². The fourth-order valence-electron chi connectivity index (χ4n) is 2.50. The van der Waals surface area contributed by atoms with Crippen LogP contribution in [-0.2, 0) is 4.79 Å². The van der Waals surface area contributed by atoms with Gasteiger partial charge in [0.25, 0.3) is 5.91 Å². The summed E-state index contributed by atoms with van der Waals surface area (Å²) in [5.41, 5.74) is 2.05. The Bertz CT molecular complexity index is 1050. The number of hydroxylamine groups is 1. The van der Waals surface area contributed by atoms with Crippen molar-refractivity contribution in [3.8, 4) is 5.75 Å². The summed E-state index contributed by atoms with van der Waals surface area (Å²) in [5, 5.41) is 10.4. The van der Waals surface area contributed by atoms with E-state index < -0.39 is 5.91 Å². The van der Waals surface area contributed by atoms with Gasteiger partial charge in [0.15, 0.2) is 5.78 Å². The van der Waals surface area contributed by atoms with Crippen LogP contribution >= 0.6 is 0 Å². The van der Waals surface area contributed by atoms with E-state index in [1.165, 1.54) is 17.6 Å². The minimum atomic E-state index is -0.660. The number of amides is 1. The predicted octanol–water partition coefficient (Wildman–Crippen LogP) is 3.86. The molecule has 27 heavy (non-hydrogen) atoms. The highest BCUT2D eigenvalue weighted by atomic mass is 16.5. The average Bonchev–Trinajstić information content (AvgIpc) is 3.17. The molecule has 1 amide bonds. The molecule has 0 aliphatic heterocycles. The van der Waals surface area contributed by atoms with Crippen LogP contribution < -0.4 is 10.2 Å². The summed E-state index contributed by atoms with van der Waals surface area (Å²) in [6.07, 6.45) is 5.52. The van der Waals surface area contributed by atoms with Gasteiger partial charge < -0.3 is 9.15 Å². The number of ether oxygens (including phenoxy) is 1. The fourth-order valence-corrected chi connectivity index (χ4v) is 2.50. The lowest BCUT2D eigenvalue weighted by atomic mass is 10.0. The molecule has 3 aromatic rings. The molecule has 2 N–H and O–H groups in total. The number of rotatable bonds is 6. The lowest BCUT2D eigenvalue weighted by Gasteiger charge is -2.04. The molecule has 0 aliphatic carbocycles. The summed E-state index contributed by atoms with van der Waals surface area (Å²) in [5.74, 6) is 0.845. The Labute approximate surface area is 155 Å². The number of benzene rings is 2. The summed E-state index contributed by atoms with van der Waals surface area (Å²) >= 11 is 0. The minimum Gasteiger partial charge on any atom is -0.497 e. The maximum Gasteiger partial charge on any atom is 0.267 e. The second kappa shape index (κ2) is 8.16. The molecule has 0 unspecified atom stereocenters. The summed E-state index contributed by atoms with van der Waals surface area (Å²) < 4.78 is 10.7. The number of hydrogen-bond acceptors (Lipinski definition) is 5. The normalized spacial score (nSPS) is 11.3. The van der Waals surface area contributed by atoms with Crippen molar-refractivity contribution in [2.45, 2.75) is 0 Å². The van der Waals surface area contributed by atoms with Crippen molar-refractivity contribution in [1.29, 1.82) is 0 Å². The van der Waals surface area contributed by atoms with Crippen LogP contribution in [0, 0.1) is 0 Å². The van der Waals surface area contributed by atoms with Gasteiger partial charge in [-0.3, -0.25) is 14.8 Å². The number of methoxy groups -OCH3 is 1. The Balaban J connectivity index is 1.73. The van der Waals surface area contributed by atoms with Crippen molar-refractivity contribution in [2.75, 3.05) is 7.11 Å². The average molecular weight is 363 g/mol. The highest BCUT2D eigenvalue weighted by molar-refractivity contribution is 6.08. The number of allylic oxidation sites excluding steroid dienone is 1. The van der Waals surface area contributed by atoms with E-state index in [2.05, 4.69) is 0 Å². The first-order valence-electron chi connectivity index (χ1n) is 8.11. The molecule has 3 rings (SSSR count). The van der Waals surface area contributed by atoms with Gasteiger partial charge in [-0.15, -0.1) is 0 Å². The maximum absolute atomic E-state index is 12.4. The number of carbonyl (C=O) groups excluding carboxylic acids is 2. The number of fused-ring (bicyclic) bond motifs is 1. The summed E-state index contributed by atoms with van der Waals surface area (Å²) in [7, 11) is 1.61. The molecule has 0 aliphatic rings. The van der Waals surface area contributed by atoms with Gasteiger partial charge in [-0.2, -0.15) is 0 Å². The topological polar surface area (TPSA) is 88.8 Å². The van der Waals surface area contributed by atoms with Crippen LogP contribution in [-0.4, -0.2) is 24.0 Å². The van der Waals surface area contributed by atoms with Gasteiger partial charge in [0, 0.05) is 11.6 Å². The molecule has 2 aromatic carbocycles. The zero-order chi connectivity index (χ0) is 19.2. The largest absolute Gasteiger partial charge is 0.497 e. The van der Waals surface area contributed by atoms with E-state index in [9.17, 15) is 9.59 Å². The number of furan rings is 1. The van der Waals surface area contributed by atoms with Crippen LogP contribution in [0.2, 0.25) is 0 Å². The van der Waals surface area contributed by atoms with E-state index in [4.69, 9.17) is 14.4 Å². The first kappa shape index (κ1) is 18.2. The van der Waals surface area contributed by atoms with E-state index in [1.54, 1.807) is 31.4 Å². The van der Waals surface area contributed by atoms with Gasteiger partial charge in [0.05, 0.1) is 7.11 Å². The third-order valence-corrected chi connectivity index (χ3v) is 3.89. The van der Waals surface area contributed by atoms with Crippen molar-refractivity contribution >= 4 is 34.6 Å². The Morgan fingerprint density at radius 1 is 0.963 bits per heavy atom. The van der Waals surface area contributed by atoms with Gasteiger partial charge in [0.1, 0.15) is 17.3 Å². The molecular formula is C21H17NO5. The molecule has 0 saturated carbocycles. The summed E-state index contributed by atoms with van der Waals surface area (Å²) in [4.78, 5) is 23.3. The summed E-state index contributed by atoms with van der Waals surface area (Å²) in [6, 6.07) is 14.4. The van der Waals surface area contributed by atoms with Gasteiger partial charge in [-0.1, -0.05) is 18.2 Å². The fraction of sp³-hybridized carbons (Fsp3) is 0.0476. The van der Waals surface area contributed by atoms with Crippen molar-refractivity contribution in [3.63, 3.8) is 0 Å². The van der Waals surface area contributed by atoms with E-state index in [1.807, 2.05) is 30.3 Å². The molecule has 6 nitrogen and oxygen atoms in total. The van der Waals surface area contributed by atoms with E-state index in [-0.39, 0.29) is 5.78 Å². The van der Waals surface area contributed by atoms with Crippen LogP contribution in [0.25, 0.3) is 22.9 Å². The first-order chi connectivity index (χ1) is 13.1. The zero-order valence-electron chi connectivity index (χ0n) is 14.5. The van der Waals surface area contributed by atoms with Crippen LogP contribution in [0.4, 0.5) is 0 Å². The molecule has 0 bridgehead atoms. The highest BCUT2D eigenvalue weighted by Crippen LogP contribution is 2.22. The second-order valence-electron chi connectivity index (χ2n) is 5.67. The quantitative estimate of drug-likeness (QED) is 0.300. The number of carbonyl (C=O) groups is 2. The van der Waals surface area contributed by atoms with Crippen LogP contribution in [0.15, 0.2) is 65.1 Å². The Kier molecular flexibility index (Phi) is 5.49. The standard InChI is InChI=1S/C21H17NO5/c1-26-19-5-4-14-12-16(3-2-15(14)13-19)20(23)10-8-17-6-7-18(27-17)9-11-21(24)22-25/h2-13,25H,1H3,(H,22,24)/b10-8+,11-9+. The number of nitrogens with one attached hydrogen (secondary N) is 1. The maximum atomic E-state index is 12.4. The first-order valence-corrected chi connectivity index (χ1v) is 8.11. The molecule has 0 fully saturated rings.